The van der Waals surface area contributed by atoms with Crippen molar-refractivity contribution in [3.63, 3.8) is 0 Å². The molecule has 0 radical (unpaired) electrons. The highest BCUT2D eigenvalue weighted by Crippen LogP contribution is 2.17. The van der Waals surface area contributed by atoms with Gasteiger partial charge in [0.25, 0.3) is 0 Å². The Kier molecular flexibility index (Phi) is 3.45. The summed E-state index contributed by atoms with van der Waals surface area (Å²) in [4.78, 5) is 0.414. The smallest absolute Gasteiger partial charge is 0.186 e. The molecular weight excluding hydrogens is 186 g/mol. The number of anilines is 1. The molecule has 0 aliphatic heterocycles. The molecule has 1 rings (SSSR count). The molecule has 0 aromatic heterocycles. The van der Waals surface area contributed by atoms with Gasteiger partial charge in [-0.25, -0.2) is 4.21 Å². The van der Waals surface area contributed by atoms with Crippen molar-refractivity contribution in [3.05, 3.63) is 23.8 Å². The Hall–Kier alpha value is -0.870. The second-order valence-corrected chi connectivity index (χ2v) is 3.83. The van der Waals surface area contributed by atoms with Gasteiger partial charge in [-0.2, -0.15) is 0 Å². The number of nitrogens with two attached hydrogens (primary N) is 1. The summed E-state index contributed by atoms with van der Waals surface area (Å²) in [6, 6.07) is 4.94. The van der Waals surface area contributed by atoms with Crippen molar-refractivity contribution in [2.45, 2.75) is 24.7 Å². The maximum Gasteiger partial charge on any atom is 0.186 e. The van der Waals surface area contributed by atoms with Gasteiger partial charge in [0.1, 0.15) is 0 Å². The highest BCUT2D eigenvalue weighted by atomic mass is 32.2. The molecule has 3 nitrogen and oxygen atoms in total. The van der Waals surface area contributed by atoms with E-state index >= 15 is 0 Å². The fourth-order valence-electron chi connectivity index (χ4n) is 1.18. The molecule has 72 valence electrons. The SMILES string of the molecule is CCCc1cc(S(=O)O)ccc1N. The number of hydrogen-bond donors (Lipinski definition) is 2. The molecular formula is C9H13NO2S. The fraction of sp³-hybridized carbons (Fsp3) is 0.333. The standard InChI is InChI=1S/C9H13NO2S/c1-2-3-7-6-8(13(11)12)4-5-9(7)10/h4-6H,2-3,10H2,1H3,(H,11,12). The third-order valence-electron chi connectivity index (χ3n) is 1.84. The summed E-state index contributed by atoms with van der Waals surface area (Å²) >= 11 is -1.91. The van der Waals surface area contributed by atoms with Crippen LogP contribution in [0.4, 0.5) is 5.69 Å². The molecule has 0 bridgehead atoms. The van der Waals surface area contributed by atoms with Crippen LogP contribution in [0.1, 0.15) is 18.9 Å². The molecule has 0 amide bonds. The van der Waals surface area contributed by atoms with Crippen LogP contribution in [-0.2, 0) is 17.5 Å². The van der Waals surface area contributed by atoms with Gasteiger partial charge in [-0.15, -0.1) is 0 Å². The third-order valence-corrected chi connectivity index (χ3v) is 2.49. The molecule has 0 aliphatic rings. The molecule has 0 aliphatic carbocycles. The zero-order valence-corrected chi connectivity index (χ0v) is 8.30. The van der Waals surface area contributed by atoms with Gasteiger partial charge < -0.3 is 10.3 Å². The Labute approximate surface area is 80.2 Å². The lowest BCUT2D eigenvalue weighted by Crippen LogP contribution is -1.97. The van der Waals surface area contributed by atoms with E-state index in [9.17, 15) is 4.21 Å². The van der Waals surface area contributed by atoms with E-state index < -0.39 is 11.1 Å². The van der Waals surface area contributed by atoms with Crippen molar-refractivity contribution in [1.82, 2.24) is 0 Å². The van der Waals surface area contributed by atoms with Crippen molar-refractivity contribution in [1.29, 1.82) is 0 Å². The number of nitrogen functional groups attached to an aromatic ring is 1. The Morgan fingerprint density at radius 1 is 1.54 bits per heavy atom. The van der Waals surface area contributed by atoms with E-state index in [2.05, 4.69) is 0 Å². The van der Waals surface area contributed by atoms with E-state index in [0.29, 0.717) is 10.6 Å². The number of benzene rings is 1. The molecule has 1 aromatic rings. The van der Waals surface area contributed by atoms with Crippen LogP contribution in [-0.4, -0.2) is 8.76 Å². The van der Waals surface area contributed by atoms with Crippen LogP contribution >= 0.6 is 0 Å². The Morgan fingerprint density at radius 3 is 2.77 bits per heavy atom. The quantitative estimate of drug-likeness (QED) is 0.576. The topological polar surface area (TPSA) is 63.3 Å². The zero-order chi connectivity index (χ0) is 9.84. The third kappa shape index (κ3) is 2.54. The van der Waals surface area contributed by atoms with Crippen molar-refractivity contribution in [3.8, 4) is 0 Å². The van der Waals surface area contributed by atoms with Crippen LogP contribution in [0.25, 0.3) is 0 Å². The summed E-state index contributed by atoms with van der Waals surface area (Å²) in [6.45, 7) is 2.04. The first-order valence-corrected chi connectivity index (χ1v) is 5.25. The van der Waals surface area contributed by atoms with Crippen molar-refractivity contribution in [2.24, 2.45) is 0 Å². The molecule has 4 heteroatoms. The summed E-state index contributed by atoms with van der Waals surface area (Å²) < 4.78 is 19.6. The Balaban J connectivity index is 3.03. The fourth-order valence-corrected chi connectivity index (χ4v) is 1.60. The highest BCUT2D eigenvalue weighted by Gasteiger charge is 2.03. The van der Waals surface area contributed by atoms with Crippen molar-refractivity contribution >= 4 is 16.8 Å². The lowest BCUT2D eigenvalue weighted by Gasteiger charge is -2.04. The Bertz CT molecular complexity index is 325. The van der Waals surface area contributed by atoms with Gasteiger partial charge in [-0.05, 0) is 30.2 Å². The monoisotopic (exact) mass is 199 g/mol. The summed E-state index contributed by atoms with van der Waals surface area (Å²) in [6.07, 6.45) is 1.82. The molecule has 1 aromatic carbocycles. The first-order chi connectivity index (χ1) is 6.15. The molecule has 0 spiro atoms. The predicted octanol–water partition coefficient (Wildman–Crippen LogP) is 1.80. The van der Waals surface area contributed by atoms with Crippen LogP contribution in [0.3, 0.4) is 0 Å². The number of rotatable bonds is 3. The van der Waals surface area contributed by atoms with Gasteiger partial charge in [-0.1, -0.05) is 13.3 Å². The predicted molar refractivity (Wildman–Crippen MR) is 53.9 cm³/mol. The molecule has 3 N–H and O–H groups in total. The molecule has 0 fully saturated rings. The minimum Gasteiger partial charge on any atom is -0.399 e. The van der Waals surface area contributed by atoms with Gasteiger partial charge >= 0.3 is 0 Å². The van der Waals surface area contributed by atoms with Gasteiger partial charge in [0, 0.05) is 5.69 Å². The molecule has 0 saturated heterocycles. The highest BCUT2D eigenvalue weighted by molar-refractivity contribution is 7.79. The second-order valence-electron chi connectivity index (χ2n) is 2.86. The maximum absolute atomic E-state index is 10.7. The van der Waals surface area contributed by atoms with E-state index in [1.165, 1.54) is 0 Å². The minimum absolute atomic E-state index is 0.414. The van der Waals surface area contributed by atoms with Crippen LogP contribution in [0.5, 0.6) is 0 Å². The van der Waals surface area contributed by atoms with E-state index in [4.69, 9.17) is 10.3 Å². The maximum atomic E-state index is 10.7. The molecule has 0 saturated carbocycles. The van der Waals surface area contributed by atoms with Gasteiger partial charge in [0.15, 0.2) is 11.1 Å². The summed E-state index contributed by atoms with van der Waals surface area (Å²) in [5.74, 6) is 0. The van der Waals surface area contributed by atoms with E-state index in [1.54, 1.807) is 18.2 Å². The number of aryl methyl sites for hydroxylation is 1. The van der Waals surface area contributed by atoms with Crippen LogP contribution in [0.2, 0.25) is 0 Å². The van der Waals surface area contributed by atoms with E-state index in [0.717, 1.165) is 18.4 Å². The van der Waals surface area contributed by atoms with Crippen molar-refractivity contribution < 1.29 is 8.76 Å². The average molecular weight is 199 g/mol. The van der Waals surface area contributed by atoms with Crippen LogP contribution in [0, 0.1) is 0 Å². The zero-order valence-electron chi connectivity index (χ0n) is 7.49. The second kappa shape index (κ2) is 4.39. The summed E-state index contributed by atoms with van der Waals surface area (Å²) in [5.41, 5.74) is 7.33. The first-order valence-electron chi connectivity index (χ1n) is 4.14. The molecule has 13 heavy (non-hydrogen) atoms. The largest absolute Gasteiger partial charge is 0.399 e. The summed E-state index contributed by atoms with van der Waals surface area (Å²) in [7, 11) is 0. The van der Waals surface area contributed by atoms with Crippen molar-refractivity contribution in [2.75, 3.05) is 5.73 Å². The van der Waals surface area contributed by atoms with E-state index in [-0.39, 0.29) is 0 Å². The van der Waals surface area contributed by atoms with Crippen LogP contribution < -0.4 is 5.73 Å². The molecule has 1 atom stereocenters. The number of hydrogen-bond acceptors (Lipinski definition) is 2. The minimum atomic E-state index is -1.91. The van der Waals surface area contributed by atoms with Crippen LogP contribution in [0.15, 0.2) is 23.1 Å². The lowest BCUT2D eigenvalue weighted by atomic mass is 10.1. The first kappa shape index (κ1) is 10.2. The molecule has 1 unspecified atom stereocenters. The van der Waals surface area contributed by atoms with Gasteiger partial charge in [0.2, 0.25) is 0 Å². The summed E-state index contributed by atoms with van der Waals surface area (Å²) in [5, 5.41) is 0. The van der Waals surface area contributed by atoms with Gasteiger partial charge in [-0.3, -0.25) is 0 Å². The lowest BCUT2D eigenvalue weighted by molar-refractivity contribution is 0.564. The Morgan fingerprint density at radius 2 is 2.23 bits per heavy atom. The normalized spacial score (nSPS) is 12.8. The average Bonchev–Trinajstić information content (AvgIpc) is 2.08. The molecule has 0 heterocycles. The van der Waals surface area contributed by atoms with Gasteiger partial charge in [0.05, 0.1) is 4.90 Å². The van der Waals surface area contributed by atoms with E-state index in [1.807, 2.05) is 6.92 Å².